The number of hydrogen-bond donors (Lipinski definition) is 1. The van der Waals surface area contributed by atoms with Crippen molar-refractivity contribution in [2.45, 2.75) is 19.4 Å². The second-order valence-corrected chi connectivity index (χ2v) is 4.34. The van der Waals surface area contributed by atoms with Crippen LogP contribution in [0.15, 0.2) is 22.6 Å². The summed E-state index contributed by atoms with van der Waals surface area (Å²) in [5.41, 5.74) is 0.586. The predicted octanol–water partition coefficient (Wildman–Crippen LogP) is 1.48. The van der Waals surface area contributed by atoms with Crippen molar-refractivity contribution in [1.82, 2.24) is 0 Å². The molecule has 0 amide bonds. The quantitative estimate of drug-likeness (QED) is 0.689. The third-order valence-corrected chi connectivity index (χ3v) is 3.02. The first-order valence-corrected chi connectivity index (χ1v) is 5.34. The van der Waals surface area contributed by atoms with Gasteiger partial charge in [-0.2, -0.15) is 15.5 Å². The first-order chi connectivity index (χ1) is 5.95. The van der Waals surface area contributed by atoms with Crippen LogP contribution in [0.1, 0.15) is 13.3 Å². The topological polar surface area (TPSA) is 68.5 Å². The Morgan fingerprint density at radius 2 is 2.23 bits per heavy atom. The van der Waals surface area contributed by atoms with Gasteiger partial charge in [0.15, 0.2) is 0 Å². The van der Waals surface area contributed by atoms with Crippen molar-refractivity contribution in [2.24, 2.45) is 0 Å². The zero-order valence-corrected chi connectivity index (χ0v) is 8.37. The fraction of sp³-hybridized carbons (Fsp3) is 0.500. The third-order valence-electron chi connectivity index (χ3n) is 2.01. The van der Waals surface area contributed by atoms with Crippen LogP contribution in [0.5, 0.6) is 0 Å². The minimum absolute atomic E-state index is 0.0191. The van der Waals surface area contributed by atoms with Crippen LogP contribution in [0, 0.1) is 0 Å². The molecule has 0 aromatic carbocycles. The standard InChI is InChI=1S/C8H12NO3S/c1-6-3-4-7(9-2)5-8(6)13(10,11)12/h3,5,7H,4H2,1-2H3,(H,10,11,12)/q-1. The van der Waals surface area contributed by atoms with E-state index in [4.69, 9.17) is 4.55 Å². The second kappa shape index (κ2) is 3.61. The van der Waals surface area contributed by atoms with Crippen molar-refractivity contribution in [3.63, 3.8) is 0 Å². The van der Waals surface area contributed by atoms with Crippen LogP contribution in [0.4, 0.5) is 0 Å². The van der Waals surface area contributed by atoms with E-state index in [1.807, 2.05) is 0 Å². The van der Waals surface area contributed by atoms with Gasteiger partial charge in [0.25, 0.3) is 10.1 Å². The van der Waals surface area contributed by atoms with Gasteiger partial charge < -0.3 is 5.32 Å². The molecule has 0 saturated heterocycles. The van der Waals surface area contributed by atoms with Gasteiger partial charge in [-0.25, -0.2) is 0 Å². The van der Waals surface area contributed by atoms with Gasteiger partial charge in [-0.1, -0.05) is 12.2 Å². The molecule has 0 aliphatic heterocycles. The molecule has 1 N–H and O–H groups in total. The van der Waals surface area contributed by atoms with E-state index in [-0.39, 0.29) is 10.9 Å². The Labute approximate surface area is 78.1 Å². The average Bonchev–Trinajstić information content (AvgIpc) is 2.03. The minimum atomic E-state index is -4.09. The molecule has 1 unspecified atom stereocenters. The molecule has 5 heteroatoms. The fourth-order valence-electron chi connectivity index (χ4n) is 1.24. The third kappa shape index (κ3) is 2.40. The summed E-state index contributed by atoms with van der Waals surface area (Å²) in [7, 11) is -2.46. The summed E-state index contributed by atoms with van der Waals surface area (Å²) >= 11 is 0. The lowest BCUT2D eigenvalue weighted by molar-refractivity contribution is 0.491. The second-order valence-electron chi connectivity index (χ2n) is 2.95. The maximum Gasteiger partial charge on any atom is 0.294 e. The number of rotatable bonds is 2. The van der Waals surface area contributed by atoms with Gasteiger partial charge in [0.05, 0.1) is 4.91 Å². The lowest BCUT2D eigenvalue weighted by Crippen LogP contribution is -2.12. The van der Waals surface area contributed by atoms with E-state index in [1.165, 1.54) is 6.08 Å². The largest absolute Gasteiger partial charge is 0.659 e. The first-order valence-electron chi connectivity index (χ1n) is 3.90. The van der Waals surface area contributed by atoms with Crippen LogP contribution in [0.25, 0.3) is 5.32 Å². The van der Waals surface area contributed by atoms with E-state index < -0.39 is 10.1 Å². The van der Waals surface area contributed by atoms with E-state index in [0.717, 1.165) is 0 Å². The van der Waals surface area contributed by atoms with Crippen molar-refractivity contribution in [2.75, 3.05) is 7.05 Å². The van der Waals surface area contributed by atoms with Gasteiger partial charge in [0.2, 0.25) is 0 Å². The van der Waals surface area contributed by atoms with Crippen molar-refractivity contribution < 1.29 is 13.0 Å². The molecule has 13 heavy (non-hydrogen) atoms. The lowest BCUT2D eigenvalue weighted by atomic mass is 10.0. The average molecular weight is 202 g/mol. The van der Waals surface area contributed by atoms with Crippen molar-refractivity contribution in [3.8, 4) is 0 Å². The van der Waals surface area contributed by atoms with E-state index in [2.05, 4.69) is 5.32 Å². The maximum absolute atomic E-state index is 10.9. The molecule has 1 atom stereocenters. The fourth-order valence-corrected chi connectivity index (χ4v) is 2.06. The van der Waals surface area contributed by atoms with Crippen LogP contribution in [-0.4, -0.2) is 26.1 Å². The van der Waals surface area contributed by atoms with E-state index >= 15 is 0 Å². The summed E-state index contributed by atoms with van der Waals surface area (Å²) in [6.07, 6.45) is 3.94. The SMILES string of the molecule is C[N-]C1C=C(S(=O)(=O)O)C(C)=CC1. The zero-order valence-electron chi connectivity index (χ0n) is 7.56. The Morgan fingerprint density at radius 1 is 1.62 bits per heavy atom. The highest BCUT2D eigenvalue weighted by molar-refractivity contribution is 7.90. The number of likely N-dealkylation sites (N-methyl/N-ethyl adjacent to an activating group) is 1. The summed E-state index contributed by atoms with van der Waals surface area (Å²) in [5, 5.41) is 3.95. The smallest absolute Gasteiger partial charge is 0.294 e. The van der Waals surface area contributed by atoms with Crippen LogP contribution in [-0.2, 0) is 10.1 Å². The maximum atomic E-state index is 10.9. The molecule has 74 valence electrons. The minimum Gasteiger partial charge on any atom is -0.659 e. The Hall–Kier alpha value is -0.650. The molecule has 0 saturated carbocycles. The summed E-state index contributed by atoms with van der Waals surface area (Å²) in [4.78, 5) is -0.0191. The van der Waals surface area contributed by atoms with Gasteiger partial charge in [0, 0.05) is 0 Å². The summed E-state index contributed by atoms with van der Waals surface area (Å²) in [6, 6.07) is -0.138. The molecule has 0 radical (unpaired) electrons. The number of hydrogen-bond acceptors (Lipinski definition) is 2. The van der Waals surface area contributed by atoms with E-state index in [1.54, 1.807) is 20.0 Å². The molecule has 0 fully saturated rings. The zero-order chi connectivity index (χ0) is 10.1. The summed E-state index contributed by atoms with van der Waals surface area (Å²) < 4.78 is 30.6. The number of nitrogens with zero attached hydrogens (tertiary/aromatic N) is 1. The monoisotopic (exact) mass is 202 g/mol. The normalized spacial score (nSPS) is 23.8. The van der Waals surface area contributed by atoms with E-state index in [0.29, 0.717) is 12.0 Å². The number of allylic oxidation sites excluding steroid dienone is 1. The summed E-state index contributed by atoms with van der Waals surface area (Å²) in [5.74, 6) is 0. The van der Waals surface area contributed by atoms with Crippen LogP contribution in [0.3, 0.4) is 0 Å². The highest BCUT2D eigenvalue weighted by Crippen LogP contribution is 2.25. The van der Waals surface area contributed by atoms with Gasteiger partial charge in [-0.15, -0.1) is 6.04 Å². The molecule has 0 aromatic rings. The molecule has 1 rings (SSSR count). The Morgan fingerprint density at radius 3 is 2.69 bits per heavy atom. The molecular formula is C8H12NO3S-. The Balaban J connectivity index is 3.06. The van der Waals surface area contributed by atoms with Crippen molar-refractivity contribution in [1.29, 1.82) is 0 Å². The van der Waals surface area contributed by atoms with Crippen molar-refractivity contribution in [3.05, 3.63) is 27.9 Å². The highest BCUT2D eigenvalue weighted by atomic mass is 32.2. The molecule has 0 spiro atoms. The van der Waals surface area contributed by atoms with Gasteiger partial charge in [-0.3, -0.25) is 4.55 Å². The summed E-state index contributed by atoms with van der Waals surface area (Å²) in [6.45, 7) is 1.66. The Bertz CT molecular complexity index is 354. The molecule has 0 heterocycles. The molecule has 4 nitrogen and oxygen atoms in total. The Kier molecular flexibility index (Phi) is 2.90. The molecule has 1 aliphatic carbocycles. The van der Waals surface area contributed by atoms with E-state index in [9.17, 15) is 8.42 Å². The van der Waals surface area contributed by atoms with Gasteiger partial charge in [0.1, 0.15) is 0 Å². The first kappa shape index (κ1) is 10.4. The predicted molar refractivity (Wildman–Crippen MR) is 51.1 cm³/mol. The molecule has 1 aliphatic rings. The lowest BCUT2D eigenvalue weighted by Gasteiger charge is -2.27. The molecule has 0 bridgehead atoms. The van der Waals surface area contributed by atoms with Crippen molar-refractivity contribution >= 4 is 10.1 Å². The van der Waals surface area contributed by atoms with Crippen LogP contribution in [0.2, 0.25) is 0 Å². The highest BCUT2D eigenvalue weighted by Gasteiger charge is 2.18. The van der Waals surface area contributed by atoms with Crippen LogP contribution >= 0.6 is 0 Å². The van der Waals surface area contributed by atoms with Gasteiger partial charge in [-0.05, 0) is 18.9 Å². The molecular weight excluding hydrogens is 190 g/mol. The van der Waals surface area contributed by atoms with Gasteiger partial charge >= 0.3 is 0 Å². The molecule has 0 aromatic heterocycles. The van der Waals surface area contributed by atoms with Crippen LogP contribution < -0.4 is 0 Å².